The van der Waals surface area contributed by atoms with Gasteiger partial charge in [-0.15, -0.1) is 0 Å². The van der Waals surface area contributed by atoms with Crippen LogP contribution in [-0.4, -0.2) is 68.0 Å². The van der Waals surface area contributed by atoms with Gasteiger partial charge in [0, 0.05) is 18.4 Å². The predicted molar refractivity (Wildman–Crippen MR) is 191 cm³/mol. The maximum absolute atomic E-state index is 13.6. The average Bonchev–Trinajstić information content (AvgIpc) is 3.15. The van der Waals surface area contributed by atoms with Crippen molar-refractivity contribution < 1.29 is 37.3 Å². The Bertz CT molecular complexity index is 2020. The molecule has 1 unspecified atom stereocenters. The molecule has 12 nitrogen and oxygen atoms in total. The van der Waals surface area contributed by atoms with Crippen molar-refractivity contribution in [1.82, 2.24) is 0 Å². The summed E-state index contributed by atoms with van der Waals surface area (Å²) < 4.78 is 50.7. The molecule has 0 spiro atoms. The van der Waals surface area contributed by atoms with Crippen LogP contribution >= 0.6 is 0 Å². The largest absolute Gasteiger partial charge is 0.508 e. The van der Waals surface area contributed by atoms with Crippen LogP contribution in [0.15, 0.2) is 112 Å². The Balaban J connectivity index is 1.20. The number of anilines is 1. The van der Waals surface area contributed by atoms with E-state index in [9.17, 15) is 37.6 Å². The summed E-state index contributed by atoms with van der Waals surface area (Å²) in [4.78, 5) is 37.8. The van der Waals surface area contributed by atoms with Gasteiger partial charge in [0.15, 0.2) is 28.2 Å². The zero-order valence-electron chi connectivity index (χ0n) is 28.4. The molecule has 52 heavy (non-hydrogen) atoms. The van der Waals surface area contributed by atoms with Gasteiger partial charge in [-0.3, -0.25) is 4.79 Å². The summed E-state index contributed by atoms with van der Waals surface area (Å²) in [5.74, 6) is -1.42. The van der Waals surface area contributed by atoms with Crippen LogP contribution in [0.1, 0.15) is 42.9 Å². The van der Waals surface area contributed by atoms with E-state index in [-0.39, 0.29) is 28.3 Å². The molecule has 2 aliphatic heterocycles. The van der Waals surface area contributed by atoms with Gasteiger partial charge in [-0.2, -0.15) is 9.81 Å². The molecule has 2 fully saturated rings. The SMILES string of the molecule is CO[C@@H]1OC(CS(=O)(=O)c2ccc(-c3ccc([C@@H]4[C@@H](CC[C@H](C)c5ccc(F)cc5)C(=O)N4c4ccccc4)c(O)c3)cc2)[C@H](O)[C@@H](N=O)[C@@H]1N=O. The zero-order valence-corrected chi connectivity index (χ0v) is 29.2. The van der Waals surface area contributed by atoms with Crippen LogP contribution in [0.2, 0.25) is 0 Å². The second kappa shape index (κ2) is 15.4. The number of β-lactam (4-membered cyclic amide) rings is 1. The first-order chi connectivity index (χ1) is 25.0. The van der Waals surface area contributed by atoms with Crippen molar-refractivity contribution in [1.29, 1.82) is 0 Å². The highest BCUT2D eigenvalue weighted by Crippen LogP contribution is 2.49. The molecule has 6 rings (SSSR count). The predicted octanol–water partition coefficient (Wildman–Crippen LogP) is 6.26. The molecule has 272 valence electrons. The molecule has 0 aliphatic carbocycles. The lowest BCUT2D eigenvalue weighted by atomic mass is 9.76. The minimum Gasteiger partial charge on any atom is -0.508 e. The number of nitroso groups, excluding NO2 is 2. The molecule has 8 atom stereocenters. The lowest BCUT2D eigenvalue weighted by Gasteiger charge is -2.48. The molecule has 0 radical (unpaired) electrons. The standard InChI is InChI=1S/C38H38FN3O9S/c1-22(23-9-14-26(39)15-10-23)8-18-30-35(42(37(30)45)27-6-4-3-5-7-27)29-19-13-25(20-31(29)43)24-11-16-28(17-12-24)52(48,49)21-32-36(44)33(40-46)34(41-47)38(50-2)51-32/h3-7,9-17,19-20,22,30,32-36,38,43-44H,8,18,21H2,1-2H3/t22-,30+,32?,33-,34-,35+,36-,38+/m0/s1. The lowest BCUT2D eigenvalue weighted by Crippen LogP contribution is -2.58. The molecule has 2 aliphatic rings. The number of para-hydroxylation sites is 1. The molecule has 2 saturated heterocycles. The minimum absolute atomic E-state index is 0.0261. The highest BCUT2D eigenvalue weighted by Gasteiger charge is 2.50. The molecular weight excluding hydrogens is 693 g/mol. The Morgan fingerprint density at radius 1 is 0.923 bits per heavy atom. The van der Waals surface area contributed by atoms with Crippen molar-refractivity contribution in [3.8, 4) is 16.9 Å². The molecule has 2 heterocycles. The van der Waals surface area contributed by atoms with Gasteiger partial charge in [0.25, 0.3) is 0 Å². The maximum atomic E-state index is 13.6. The molecule has 0 bridgehead atoms. The van der Waals surface area contributed by atoms with Crippen molar-refractivity contribution in [3.05, 3.63) is 124 Å². The first kappa shape index (κ1) is 36.9. The number of phenolic OH excluding ortho intramolecular Hbond substituents is 1. The Hall–Kier alpha value is -4.89. The number of hydrogen-bond donors (Lipinski definition) is 2. The topological polar surface area (TPSA) is 172 Å². The zero-order chi connectivity index (χ0) is 37.2. The summed E-state index contributed by atoms with van der Waals surface area (Å²) in [7, 11) is -2.88. The summed E-state index contributed by atoms with van der Waals surface area (Å²) in [6.45, 7) is 2.04. The van der Waals surface area contributed by atoms with Crippen LogP contribution in [-0.2, 0) is 24.1 Å². The van der Waals surface area contributed by atoms with Crippen LogP contribution in [0, 0.1) is 21.5 Å². The fourth-order valence-corrected chi connectivity index (χ4v) is 8.53. The van der Waals surface area contributed by atoms with Crippen molar-refractivity contribution >= 4 is 21.4 Å². The second-order valence-corrected chi connectivity index (χ2v) is 15.2. The number of aromatic hydroxyl groups is 1. The van der Waals surface area contributed by atoms with E-state index in [1.165, 1.54) is 31.4 Å². The van der Waals surface area contributed by atoms with E-state index >= 15 is 0 Å². The van der Waals surface area contributed by atoms with Crippen molar-refractivity contribution in [2.75, 3.05) is 17.8 Å². The molecular formula is C38H38FN3O9S. The number of hydrogen-bond acceptors (Lipinski definition) is 11. The van der Waals surface area contributed by atoms with Gasteiger partial charge in [0.05, 0.1) is 22.6 Å². The van der Waals surface area contributed by atoms with Gasteiger partial charge >= 0.3 is 0 Å². The summed E-state index contributed by atoms with van der Waals surface area (Å²) in [6.07, 6.45) is -3.25. The summed E-state index contributed by atoms with van der Waals surface area (Å²) >= 11 is 0. The number of carbonyl (C=O) groups is 1. The van der Waals surface area contributed by atoms with Gasteiger partial charge in [-0.1, -0.05) is 71.9 Å². The third-order valence-corrected chi connectivity index (χ3v) is 11.8. The van der Waals surface area contributed by atoms with Crippen molar-refractivity contribution in [2.45, 2.75) is 67.2 Å². The number of nitrogens with zero attached hydrogens (tertiary/aromatic N) is 3. The number of halogens is 1. The van der Waals surface area contributed by atoms with Gasteiger partial charge in [0.1, 0.15) is 23.8 Å². The third-order valence-electron chi connectivity index (χ3n) is 10.0. The van der Waals surface area contributed by atoms with Crippen LogP contribution in [0.25, 0.3) is 11.1 Å². The number of aliphatic hydroxyl groups excluding tert-OH is 1. The molecule has 4 aromatic rings. The smallest absolute Gasteiger partial charge is 0.233 e. The van der Waals surface area contributed by atoms with E-state index < -0.39 is 58.1 Å². The van der Waals surface area contributed by atoms with Crippen LogP contribution < -0.4 is 4.90 Å². The second-order valence-electron chi connectivity index (χ2n) is 13.2. The highest BCUT2D eigenvalue weighted by molar-refractivity contribution is 7.91. The first-order valence-corrected chi connectivity index (χ1v) is 18.4. The normalized spacial score (nSPS) is 25.3. The van der Waals surface area contributed by atoms with Gasteiger partial charge in [-0.25, -0.2) is 12.8 Å². The Morgan fingerprint density at radius 2 is 1.58 bits per heavy atom. The van der Waals surface area contributed by atoms with Crippen LogP contribution in [0.5, 0.6) is 5.75 Å². The molecule has 14 heteroatoms. The van der Waals surface area contributed by atoms with Gasteiger partial charge in [-0.05, 0) is 77.9 Å². The first-order valence-electron chi connectivity index (χ1n) is 16.8. The van der Waals surface area contributed by atoms with E-state index in [0.29, 0.717) is 35.2 Å². The number of amides is 1. The van der Waals surface area contributed by atoms with Gasteiger partial charge in [0.2, 0.25) is 5.91 Å². The summed E-state index contributed by atoms with van der Waals surface area (Å²) in [5, 5.41) is 27.5. The summed E-state index contributed by atoms with van der Waals surface area (Å²) in [5.41, 5.74) is 3.46. The monoisotopic (exact) mass is 731 g/mol. The fourth-order valence-electron chi connectivity index (χ4n) is 7.08. The van der Waals surface area contributed by atoms with Crippen LogP contribution in [0.3, 0.4) is 0 Å². The van der Waals surface area contributed by atoms with E-state index in [1.54, 1.807) is 47.4 Å². The van der Waals surface area contributed by atoms with Crippen molar-refractivity contribution in [2.24, 2.45) is 16.3 Å². The Labute approximate surface area is 300 Å². The molecule has 2 N–H and O–H groups in total. The molecule has 4 aromatic carbocycles. The number of ether oxygens (including phenoxy) is 2. The fraction of sp³-hybridized carbons (Fsp3) is 0.342. The maximum Gasteiger partial charge on any atom is 0.233 e. The summed E-state index contributed by atoms with van der Waals surface area (Å²) in [6, 6.07) is 23.2. The molecule has 1 amide bonds. The van der Waals surface area contributed by atoms with Crippen LogP contribution in [0.4, 0.5) is 10.1 Å². The number of methoxy groups -OCH3 is 1. The quantitative estimate of drug-likeness (QED) is 0.119. The van der Waals surface area contributed by atoms with E-state index in [0.717, 1.165) is 5.56 Å². The number of rotatable bonds is 13. The number of carbonyl (C=O) groups excluding carboxylic acids is 1. The third kappa shape index (κ3) is 7.24. The number of aliphatic hydroxyl groups is 1. The molecule has 0 aromatic heterocycles. The molecule has 0 saturated carbocycles. The lowest BCUT2D eigenvalue weighted by molar-refractivity contribution is -0.219. The van der Waals surface area contributed by atoms with E-state index in [4.69, 9.17) is 9.47 Å². The number of sulfone groups is 1. The Morgan fingerprint density at radius 3 is 2.19 bits per heavy atom. The highest BCUT2D eigenvalue weighted by atomic mass is 32.2. The number of benzene rings is 4. The number of phenols is 1. The minimum atomic E-state index is -4.07. The van der Waals surface area contributed by atoms with Gasteiger partial charge < -0.3 is 24.6 Å². The Kier molecular flexibility index (Phi) is 10.9. The average molecular weight is 732 g/mol. The van der Waals surface area contributed by atoms with E-state index in [1.807, 2.05) is 37.3 Å². The van der Waals surface area contributed by atoms with Crippen molar-refractivity contribution in [3.63, 3.8) is 0 Å². The van der Waals surface area contributed by atoms with E-state index in [2.05, 4.69) is 10.4 Å².